The van der Waals surface area contributed by atoms with Crippen LogP contribution in [0.5, 0.6) is 11.5 Å². The summed E-state index contributed by atoms with van der Waals surface area (Å²) in [5.74, 6) is 0.520. The number of hydrogen-bond donors (Lipinski definition) is 2. The van der Waals surface area contributed by atoms with E-state index in [9.17, 15) is 10.2 Å². The number of aliphatic imine (C=N–C) groups is 2. The molecule has 0 saturated heterocycles. The van der Waals surface area contributed by atoms with Gasteiger partial charge in [0.1, 0.15) is 11.5 Å². The fourth-order valence-corrected chi connectivity index (χ4v) is 2.96. The highest BCUT2D eigenvalue weighted by atomic mass is 16.3. The van der Waals surface area contributed by atoms with Crippen LogP contribution in [0.25, 0.3) is 0 Å². The minimum Gasteiger partial charge on any atom is -0.507 e. The summed E-state index contributed by atoms with van der Waals surface area (Å²) in [6, 6.07) is 18.8. The van der Waals surface area contributed by atoms with E-state index in [0.29, 0.717) is 22.5 Å². The van der Waals surface area contributed by atoms with E-state index in [2.05, 4.69) is 9.98 Å². The summed E-state index contributed by atoms with van der Waals surface area (Å²) in [7, 11) is 0. The van der Waals surface area contributed by atoms with E-state index in [1.54, 1.807) is 12.4 Å². The highest BCUT2D eigenvalue weighted by Crippen LogP contribution is 2.29. The lowest BCUT2D eigenvalue weighted by atomic mass is 10.1. The van der Waals surface area contributed by atoms with Gasteiger partial charge in [-0.1, -0.05) is 50.2 Å². The maximum absolute atomic E-state index is 10.3. The third-order valence-corrected chi connectivity index (χ3v) is 4.63. The smallest absolute Gasteiger partial charge is 0.127 e. The molecule has 3 aromatic rings. The topological polar surface area (TPSA) is 65.2 Å². The molecule has 0 radical (unpaired) electrons. The molecule has 3 rings (SSSR count). The highest BCUT2D eigenvalue weighted by Gasteiger charge is 2.05. The second-order valence-corrected chi connectivity index (χ2v) is 6.42. The maximum atomic E-state index is 10.3. The third-order valence-electron chi connectivity index (χ3n) is 4.63. The van der Waals surface area contributed by atoms with Gasteiger partial charge in [0.2, 0.25) is 0 Å². The largest absolute Gasteiger partial charge is 0.507 e. The fourth-order valence-electron chi connectivity index (χ4n) is 2.96. The van der Waals surface area contributed by atoms with Crippen molar-refractivity contribution in [3.05, 3.63) is 82.9 Å². The number of phenolic OH excluding ortho intramolecular Hbond substituents is 2. The van der Waals surface area contributed by atoms with Crippen LogP contribution in [0.4, 0.5) is 11.4 Å². The standard InChI is InChI=1S/C24H24N2O2/c1-3-17-9-7-11-19(23(17)27)15-25-21-13-5-6-14-22(21)26-16-20-12-8-10-18(4-2)24(20)28/h5-16,27-28H,3-4H2,1-2H3. The number of hydrogen-bond acceptors (Lipinski definition) is 4. The first kappa shape index (κ1) is 19.4. The van der Waals surface area contributed by atoms with Crippen LogP contribution in [0.15, 0.2) is 70.6 Å². The first-order chi connectivity index (χ1) is 13.6. The molecule has 0 bridgehead atoms. The summed E-state index contributed by atoms with van der Waals surface area (Å²) in [5.41, 5.74) is 4.50. The lowest BCUT2D eigenvalue weighted by molar-refractivity contribution is 0.467. The third kappa shape index (κ3) is 4.29. The van der Waals surface area contributed by atoms with Gasteiger partial charge >= 0.3 is 0 Å². The molecule has 0 aliphatic heterocycles. The number of para-hydroxylation sites is 4. The first-order valence-corrected chi connectivity index (χ1v) is 9.42. The molecule has 3 aromatic carbocycles. The zero-order chi connectivity index (χ0) is 19.9. The van der Waals surface area contributed by atoms with E-state index in [4.69, 9.17) is 0 Å². The molecule has 0 atom stereocenters. The number of aryl methyl sites for hydroxylation is 2. The molecule has 4 heteroatoms. The molecule has 0 aliphatic rings. The lowest BCUT2D eigenvalue weighted by Crippen LogP contribution is -1.88. The predicted molar refractivity (Wildman–Crippen MR) is 116 cm³/mol. The predicted octanol–water partition coefficient (Wildman–Crippen LogP) is 5.72. The summed E-state index contributed by atoms with van der Waals surface area (Å²) in [6.45, 7) is 4.01. The number of aromatic hydroxyl groups is 2. The quantitative estimate of drug-likeness (QED) is 0.543. The first-order valence-electron chi connectivity index (χ1n) is 9.42. The van der Waals surface area contributed by atoms with Gasteiger partial charge in [-0.25, -0.2) is 0 Å². The zero-order valence-electron chi connectivity index (χ0n) is 16.1. The van der Waals surface area contributed by atoms with Gasteiger partial charge < -0.3 is 10.2 Å². The molecular weight excluding hydrogens is 348 g/mol. The molecule has 0 unspecified atom stereocenters. The van der Waals surface area contributed by atoms with E-state index < -0.39 is 0 Å². The Balaban J connectivity index is 1.90. The van der Waals surface area contributed by atoms with Crippen LogP contribution in [-0.4, -0.2) is 22.6 Å². The highest BCUT2D eigenvalue weighted by molar-refractivity contribution is 5.89. The summed E-state index contributed by atoms with van der Waals surface area (Å²) < 4.78 is 0. The summed E-state index contributed by atoms with van der Waals surface area (Å²) in [4.78, 5) is 9.04. The molecule has 4 nitrogen and oxygen atoms in total. The van der Waals surface area contributed by atoms with Crippen LogP contribution in [0.1, 0.15) is 36.1 Å². The van der Waals surface area contributed by atoms with Gasteiger partial charge in [0.05, 0.1) is 11.4 Å². The molecule has 0 aromatic heterocycles. The van der Waals surface area contributed by atoms with Crippen molar-refractivity contribution in [1.29, 1.82) is 0 Å². The lowest BCUT2D eigenvalue weighted by Gasteiger charge is -2.05. The number of nitrogens with zero attached hydrogens (tertiary/aromatic N) is 2. The zero-order valence-corrected chi connectivity index (χ0v) is 16.1. The second-order valence-electron chi connectivity index (χ2n) is 6.42. The maximum Gasteiger partial charge on any atom is 0.127 e. The van der Waals surface area contributed by atoms with Crippen molar-refractivity contribution >= 4 is 23.8 Å². The number of rotatable bonds is 6. The summed E-state index contributed by atoms with van der Waals surface area (Å²) >= 11 is 0. The average Bonchev–Trinajstić information content (AvgIpc) is 2.73. The molecule has 28 heavy (non-hydrogen) atoms. The van der Waals surface area contributed by atoms with Crippen LogP contribution < -0.4 is 0 Å². The Morgan fingerprint density at radius 2 is 1.07 bits per heavy atom. The molecule has 0 aliphatic carbocycles. The minimum absolute atomic E-state index is 0.260. The molecule has 142 valence electrons. The van der Waals surface area contributed by atoms with Crippen molar-refractivity contribution in [2.45, 2.75) is 26.7 Å². The van der Waals surface area contributed by atoms with Crippen molar-refractivity contribution in [3.8, 4) is 11.5 Å². The Labute approximate surface area is 165 Å². The summed E-state index contributed by atoms with van der Waals surface area (Å²) in [5, 5.41) is 20.6. The fraction of sp³-hybridized carbons (Fsp3) is 0.167. The van der Waals surface area contributed by atoms with E-state index in [1.807, 2.05) is 74.5 Å². The van der Waals surface area contributed by atoms with Gasteiger partial charge in [0.25, 0.3) is 0 Å². The Morgan fingerprint density at radius 1 is 0.643 bits per heavy atom. The second kappa shape index (κ2) is 9.00. The molecule has 0 fully saturated rings. The van der Waals surface area contributed by atoms with E-state index >= 15 is 0 Å². The Bertz CT molecular complexity index is 940. The van der Waals surface area contributed by atoms with Crippen molar-refractivity contribution in [2.75, 3.05) is 0 Å². The monoisotopic (exact) mass is 372 g/mol. The summed E-state index contributed by atoms with van der Waals surface area (Å²) in [6.07, 6.45) is 4.82. The van der Waals surface area contributed by atoms with Crippen LogP contribution in [0, 0.1) is 0 Å². The normalized spacial score (nSPS) is 11.5. The van der Waals surface area contributed by atoms with Crippen molar-refractivity contribution in [1.82, 2.24) is 0 Å². The van der Waals surface area contributed by atoms with Gasteiger partial charge in [-0.15, -0.1) is 0 Å². The molecule has 2 N–H and O–H groups in total. The molecule has 0 saturated carbocycles. The molecule has 0 amide bonds. The van der Waals surface area contributed by atoms with Gasteiger partial charge in [-0.2, -0.15) is 0 Å². The minimum atomic E-state index is 0.260. The Morgan fingerprint density at radius 3 is 1.46 bits per heavy atom. The van der Waals surface area contributed by atoms with Gasteiger partial charge in [-0.3, -0.25) is 9.98 Å². The molecular formula is C24H24N2O2. The van der Waals surface area contributed by atoms with Gasteiger partial charge in [0.15, 0.2) is 0 Å². The van der Waals surface area contributed by atoms with Gasteiger partial charge in [0, 0.05) is 23.6 Å². The van der Waals surface area contributed by atoms with E-state index in [0.717, 1.165) is 24.0 Å². The van der Waals surface area contributed by atoms with E-state index in [1.165, 1.54) is 0 Å². The van der Waals surface area contributed by atoms with Crippen LogP contribution in [-0.2, 0) is 12.8 Å². The average molecular weight is 372 g/mol. The van der Waals surface area contributed by atoms with Crippen LogP contribution in [0.3, 0.4) is 0 Å². The molecule has 0 spiro atoms. The van der Waals surface area contributed by atoms with Crippen molar-refractivity contribution < 1.29 is 10.2 Å². The Kier molecular flexibility index (Phi) is 6.22. The SMILES string of the molecule is CCc1cccc(C=Nc2ccccc2N=Cc2cccc(CC)c2O)c1O. The van der Waals surface area contributed by atoms with Crippen LogP contribution >= 0.6 is 0 Å². The van der Waals surface area contributed by atoms with Crippen LogP contribution in [0.2, 0.25) is 0 Å². The number of phenols is 2. The van der Waals surface area contributed by atoms with E-state index in [-0.39, 0.29) is 11.5 Å². The van der Waals surface area contributed by atoms with Crippen molar-refractivity contribution in [2.24, 2.45) is 9.98 Å². The number of benzene rings is 3. The Hall–Kier alpha value is -3.40. The van der Waals surface area contributed by atoms with Crippen molar-refractivity contribution in [3.63, 3.8) is 0 Å². The molecule has 0 heterocycles. The van der Waals surface area contributed by atoms with Gasteiger partial charge in [-0.05, 0) is 48.2 Å².